The summed E-state index contributed by atoms with van der Waals surface area (Å²) >= 11 is 1.71. The number of amides is 1. The molecule has 7 heteroatoms. The maximum absolute atomic E-state index is 12.6. The van der Waals surface area contributed by atoms with Crippen LogP contribution in [0, 0.1) is 10.1 Å². The zero-order valence-electron chi connectivity index (χ0n) is 15.8. The predicted octanol–water partition coefficient (Wildman–Crippen LogP) is 2.77. The highest BCUT2D eigenvalue weighted by Crippen LogP contribution is 2.19. The minimum Gasteiger partial charge on any atom is -0.346 e. The number of non-ortho nitro benzene ring substituents is 1. The van der Waals surface area contributed by atoms with E-state index in [2.05, 4.69) is 41.0 Å². The first-order valence-corrected chi connectivity index (χ1v) is 10.5. The first-order valence-electron chi connectivity index (χ1n) is 9.59. The minimum absolute atomic E-state index is 0.0190. The Bertz CT molecular complexity index is 1000. The second kappa shape index (κ2) is 8.55. The van der Waals surface area contributed by atoms with Crippen LogP contribution in [0.15, 0.2) is 66.0 Å². The van der Waals surface area contributed by atoms with Crippen molar-refractivity contribution in [1.82, 2.24) is 5.32 Å². The smallest absolute Gasteiger partial charge is 0.269 e. The van der Waals surface area contributed by atoms with E-state index in [0.717, 1.165) is 19.5 Å². The Hall–Kier alpha value is -3.03. The third-order valence-corrected chi connectivity index (χ3v) is 6.42. The lowest BCUT2D eigenvalue weighted by Gasteiger charge is -2.32. The van der Waals surface area contributed by atoms with E-state index < -0.39 is 4.92 Å². The molecule has 1 aromatic heterocycles. The highest BCUT2D eigenvalue weighted by Gasteiger charge is 2.29. The number of hydrogen-bond donors (Lipinski definition) is 2. The van der Waals surface area contributed by atoms with E-state index in [4.69, 9.17) is 0 Å². The summed E-state index contributed by atoms with van der Waals surface area (Å²) in [7, 11) is 0. The molecule has 0 aliphatic carbocycles. The van der Waals surface area contributed by atoms with E-state index in [1.165, 1.54) is 45.2 Å². The number of nitro groups is 1. The lowest BCUT2D eigenvalue weighted by atomic mass is 9.98. The molecule has 29 heavy (non-hydrogen) atoms. The highest BCUT2D eigenvalue weighted by molar-refractivity contribution is 7.10. The van der Waals surface area contributed by atoms with Crippen LogP contribution in [0.4, 0.5) is 5.69 Å². The van der Waals surface area contributed by atoms with Gasteiger partial charge in [-0.2, -0.15) is 0 Å². The van der Waals surface area contributed by atoms with Gasteiger partial charge in [0.05, 0.1) is 22.9 Å². The third-order valence-electron chi connectivity index (χ3n) is 5.44. The molecule has 3 aromatic rings. The molecule has 0 bridgehead atoms. The van der Waals surface area contributed by atoms with Crippen LogP contribution in [-0.4, -0.2) is 23.9 Å². The molecule has 2 N–H and O–H groups in total. The van der Waals surface area contributed by atoms with Gasteiger partial charge in [0.25, 0.3) is 11.6 Å². The summed E-state index contributed by atoms with van der Waals surface area (Å²) in [6.45, 7) is 2.48. The standard InChI is InChI=1S/C22H21N3O3S/c26-22(17-7-9-19(10-8-17)25(27)28)23-14-20(21-6-3-13-29-21)24-12-11-16-4-1-2-5-18(16)15-24/h1-10,13,20H,11-12,14-15H2,(H,23,26)/p+1/t20-/m0/s1. The zero-order chi connectivity index (χ0) is 20.2. The summed E-state index contributed by atoms with van der Waals surface area (Å²) in [6.07, 6.45) is 1.03. The number of hydrogen-bond acceptors (Lipinski definition) is 4. The Balaban J connectivity index is 1.47. The lowest BCUT2D eigenvalue weighted by Crippen LogP contribution is -3.12. The molecule has 148 valence electrons. The van der Waals surface area contributed by atoms with Crippen molar-refractivity contribution in [2.75, 3.05) is 13.1 Å². The quantitative estimate of drug-likeness (QED) is 0.486. The molecule has 0 fully saturated rings. The number of carbonyl (C=O) groups excluding carboxylic acids is 1. The average Bonchev–Trinajstić information content (AvgIpc) is 3.28. The molecule has 0 radical (unpaired) electrons. The summed E-state index contributed by atoms with van der Waals surface area (Å²) in [4.78, 5) is 25.6. The Morgan fingerprint density at radius 2 is 1.86 bits per heavy atom. The Morgan fingerprint density at radius 1 is 1.10 bits per heavy atom. The van der Waals surface area contributed by atoms with Gasteiger partial charge in [0.15, 0.2) is 0 Å². The van der Waals surface area contributed by atoms with Gasteiger partial charge in [-0.3, -0.25) is 14.9 Å². The fourth-order valence-electron chi connectivity index (χ4n) is 3.87. The molecule has 0 saturated carbocycles. The first-order chi connectivity index (χ1) is 14.1. The van der Waals surface area contributed by atoms with Crippen molar-refractivity contribution in [2.45, 2.75) is 19.0 Å². The fourth-order valence-corrected chi connectivity index (χ4v) is 4.75. The second-order valence-corrected chi connectivity index (χ2v) is 8.17. The van der Waals surface area contributed by atoms with Crippen LogP contribution in [0.25, 0.3) is 0 Å². The molecule has 4 rings (SSSR count). The lowest BCUT2D eigenvalue weighted by molar-refractivity contribution is -0.945. The van der Waals surface area contributed by atoms with Crippen LogP contribution < -0.4 is 10.2 Å². The van der Waals surface area contributed by atoms with E-state index in [-0.39, 0.29) is 17.6 Å². The van der Waals surface area contributed by atoms with E-state index in [0.29, 0.717) is 12.1 Å². The maximum Gasteiger partial charge on any atom is 0.269 e. The third kappa shape index (κ3) is 4.36. The van der Waals surface area contributed by atoms with Crippen LogP contribution >= 0.6 is 11.3 Å². The maximum atomic E-state index is 12.6. The number of benzene rings is 2. The van der Waals surface area contributed by atoms with Gasteiger partial charge in [-0.15, -0.1) is 11.3 Å². The average molecular weight is 409 g/mol. The molecule has 6 nitrogen and oxygen atoms in total. The minimum atomic E-state index is -0.466. The first kappa shape index (κ1) is 19.3. The summed E-state index contributed by atoms with van der Waals surface area (Å²) < 4.78 is 0. The Morgan fingerprint density at radius 3 is 2.55 bits per heavy atom. The Kier molecular flexibility index (Phi) is 5.69. The zero-order valence-corrected chi connectivity index (χ0v) is 16.7. The number of nitro benzene ring substituents is 1. The predicted molar refractivity (Wildman–Crippen MR) is 112 cm³/mol. The molecule has 2 heterocycles. The Labute approximate surface area is 172 Å². The monoisotopic (exact) mass is 408 g/mol. The highest BCUT2D eigenvalue weighted by atomic mass is 32.1. The molecule has 1 aliphatic rings. The normalized spacial score (nSPS) is 16.6. The van der Waals surface area contributed by atoms with Crippen LogP contribution in [0.5, 0.6) is 0 Å². The van der Waals surface area contributed by atoms with E-state index >= 15 is 0 Å². The molecule has 1 unspecified atom stereocenters. The van der Waals surface area contributed by atoms with Crippen molar-refractivity contribution >= 4 is 22.9 Å². The number of thiophene rings is 1. The van der Waals surface area contributed by atoms with Gasteiger partial charge < -0.3 is 10.2 Å². The molecule has 0 spiro atoms. The summed E-state index contributed by atoms with van der Waals surface area (Å²) in [5, 5.41) is 15.9. The number of rotatable bonds is 6. The summed E-state index contributed by atoms with van der Waals surface area (Å²) in [6, 6.07) is 18.6. The van der Waals surface area contributed by atoms with Crippen molar-refractivity contribution in [3.05, 3.63) is 97.7 Å². The van der Waals surface area contributed by atoms with Crippen molar-refractivity contribution in [2.24, 2.45) is 0 Å². The number of nitrogens with one attached hydrogen (secondary N) is 2. The SMILES string of the molecule is O=C(NC[C@@H](c1cccs1)[NH+]1CCc2ccccc2C1)c1ccc([N+](=O)[O-])cc1. The largest absolute Gasteiger partial charge is 0.346 e. The van der Waals surface area contributed by atoms with Gasteiger partial charge in [-0.1, -0.05) is 30.3 Å². The molecule has 2 atom stereocenters. The van der Waals surface area contributed by atoms with E-state index in [9.17, 15) is 14.9 Å². The molecule has 2 aromatic carbocycles. The van der Waals surface area contributed by atoms with Crippen molar-refractivity contribution in [1.29, 1.82) is 0 Å². The number of fused-ring (bicyclic) bond motifs is 1. The fraction of sp³-hybridized carbons (Fsp3) is 0.227. The van der Waals surface area contributed by atoms with Crippen LogP contribution in [0.2, 0.25) is 0 Å². The van der Waals surface area contributed by atoms with Gasteiger partial charge in [0.1, 0.15) is 12.6 Å². The van der Waals surface area contributed by atoms with Crippen LogP contribution in [0.1, 0.15) is 32.4 Å². The van der Waals surface area contributed by atoms with E-state index in [1.807, 2.05) is 6.07 Å². The van der Waals surface area contributed by atoms with Crippen molar-refractivity contribution in [3.63, 3.8) is 0 Å². The topological polar surface area (TPSA) is 76.7 Å². The van der Waals surface area contributed by atoms with Crippen LogP contribution in [0.3, 0.4) is 0 Å². The number of quaternary nitrogens is 1. The van der Waals surface area contributed by atoms with Gasteiger partial charge in [-0.05, 0) is 29.1 Å². The molecular formula is C22H22N3O3S+. The van der Waals surface area contributed by atoms with Gasteiger partial charge in [0, 0.05) is 29.7 Å². The number of nitrogens with zero attached hydrogens (tertiary/aromatic N) is 1. The van der Waals surface area contributed by atoms with Crippen LogP contribution in [-0.2, 0) is 13.0 Å². The van der Waals surface area contributed by atoms with Gasteiger partial charge >= 0.3 is 0 Å². The van der Waals surface area contributed by atoms with Crippen molar-refractivity contribution in [3.8, 4) is 0 Å². The molecule has 0 saturated heterocycles. The molecular weight excluding hydrogens is 386 g/mol. The molecule has 1 aliphatic heterocycles. The van der Waals surface area contributed by atoms with Gasteiger partial charge in [0.2, 0.25) is 0 Å². The van der Waals surface area contributed by atoms with E-state index in [1.54, 1.807) is 11.3 Å². The second-order valence-electron chi connectivity index (χ2n) is 7.19. The van der Waals surface area contributed by atoms with Gasteiger partial charge in [-0.25, -0.2) is 0 Å². The summed E-state index contributed by atoms with van der Waals surface area (Å²) in [5.74, 6) is -0.210. The number of carbonyl (C=O) groups is 1. The van der Waals surface area contributed by atoms with Crippen molar-refractivity contribution < 1.29 is 14.6 Å². The summed E-state index contributed by atoms with van der Waals surface area (Å²) in [5.41, 5.74) is 3.20. The molecule has 1 amide bonds.